The molecule has 0 saturated heterocycles. The van der Waals surface area contributed by atoms with Crippen LogP contribution < -0.4 is 5.01 Å². The lowest BCUT2D eigenvalue weighted by Crippen LogP contribution is -2.19. The molecule has 1 aliphatic heterocycles. The second-order valence-electron chi connectivity index (χ2n) is 7.84. The lowest BCUT2D eigenvalue weighted by Gasteiger charge is -2.24. The average Bonchev–Trinajstić information content (AvgIpc) is 3.30. The van der Waals surface area contributed by atoms with E-state index in [0.717, 1.165) is 29.1 Å². The Bertz CT molecular complexity index is 1330. The fourth-order valence-corrected chi connectivity index (χ4v) is 4.74. The molecule has 1 N–H and O–H groups in total. The van der Waals surface area contributed by atoms with Crippen molar-refractivity contribution in [2.75, 3.05) is 5.01 Å². The van der Waals surface area contributed by atoms with Gasteiger partial charge in [0.25, 0.3) is 0 Å². The molecular weight excluding hydrogens is 521 g/mol. The van der Waals surface area contributed by atoms with Gasteiger partial charge in [-0.3, -0.25) is 10.0 Å². The number of phenols is 1. The number of benzene rings is 4. The van der Waals surface area contributed by atoms with E-state index in [4.69, 9.17) is 5.10 Å². The lowest BCUT2D eigenvalue weighted by atomic mass is 9.98. The molecule has 0 spiro atoms. The maximum absolute atomic E-state index is 10.00. The number of hydrazone groups is 1. The second kappa shape index (κ2) is 9.58. The van der Waals surface area contributed by atoms with Crippen molar-refractivity contribution in [3.05, 3.63) is 123 Å². The van der Waals surface area contributed by atoms with Gasteiger partial charge in [-0.05, 0) is 76.2 Å². The van der Waals surface area contributed by atoms with Crippen LogP contribution >= 0.6 is 22.6 Å². The minimum absolute atomic E-state index is 0.129. The van der Waals surface area contributed by atoms with E-state index in [2.05, 4.69) is 81.1 Å². The van der Waals surface area contributed by atoms with E-state index in [-0.39, 0.29) is 11.8 Å². The van der Waals surface area contributed by atoms with E-state index < -0.39 is 0 Å². The number of nitrogens with zero attached hydrogens (tertiary/aromatic N) is 3. The van der Waals surface area contributed by atoms with Crippen molar-refractivity contribution >= 4 is 45.9 Å². The van der Waals surface area contributed by atoms with Crippen molar-refractivity contribution in [3.8, 4) is 5.75 Å². The number of hydrogen-bond acceptors (Lipinski definition) is 4. The van der Waals surface area contributed by atoms with Crippen LogP contribution in [-0.4, -0.2) is 17.0 Å². The minimum Gasteiger partial charge on any atom is -0.507 e. The smallest absolute Gasteiger partial charge is 0.124 e. The topological polar surface area (TPSA) is 48.2 Å². The highest BCUT2D eigenvalue weighted by atomic mass is 127. The summed E-state index contributed by atoms with van der Waals surface area (Å²) in [4.78, 5) is 4.58. The Morgan fingerprint density at radius 2 is 1.64 bits per heavy atom. The average molecular weight is 543 g/mol. The number of halogens is 1. The maximum atomic E-state index is 10.00. The number of anilines is 1. The number of aromatic hydroxyl groups is 1. The molecule has 5 heteroatoms. The van der Waals surface area contributed by atoms with E-state index in [1.807, 2.05) is 42.5 Å². The number of para-hydroxylation sites is 2. The standard InChI is InChI=1S/C28H22IN3O/c29-25-15-6-5-14-24(25)27-18-26(31-32(27)23-12-2-1-3-13-23)20-10-8-11-22(17-20)30-19-21-9-4-7-16-28(21)33/h1-17,19,27,33H,18H2. The molecule has 0 saturated carbocycles. The summed E-state index contributed by atoms with van der Waals surface area (Å²) in [7, 11) is 0. The molecule has 1 aliphatic rings. The first kappa shape index (κ1) is 21.4. The SMILES string of the molecule is Oc1ccccc1C=Nc1cccc(C2=NN(c3ccccc3)C(c3ccccc3I)C2)c1. The van der Waals surface area contributed by atoms with Crippen LogP contribution in [-0.2, 0) is 0 Å². The Kier molecular flexibility index (Phi) is 6.21. The van der Waals surface area contributed by atoms with Crippen LogP contribution in [0.3, 0.4) is 0 Å². The molecule has 0 bridgehead atoms. The normalized spacial score (nSPS) is 15.7. The molecule has 1 heterocycles. The van der Waals surface area contributed by atoms with Crippen LogP contribution in [0.2, 0.25) is 0 Å². The summed E-state index contributed by atoms with van der Waals surface area (Å²) in [5.41, 5.74) is 5.94. The van der Waals surface area contributed by atoms with Gasteiger partial charge in [0.2, 0.25) is 0 Å². The van der Waals surface area contributed by atoms with Gasteiger partial charge in [0.05, 0.1) is 23.1 Å². The first-order valence-corrected chi connectivity index (χ1v) is 11.9. The van der Waals surface area contributed by atoms with Crippen LogP contribution in [0.4, 0.5) is 11.4 Å². The summed E-state index contributed by atoms with van der Waals surface area (Å²) in [5, 5.41) is 17.2. The lowest BCUT2D eigenvalue weighted by molar-refractivity contribution is 0.474. The van der Waals surface area contributed by atoms with E-state index in [1.165, 1.54) is 9.13 Å². The predicted molar refractivity (Wildman–Crippen MR) is 144 cm³/mol. The Morgan fingerprint density at radius 1 is 0.879 bits per heavy atom. The highest BCUT2D eigenvalue weighted by Crippen LogP contribution is 2.38. The van der Waals surface area contributed by atoms with Crippen molar-refractivity contribution in [2.45, 2.75) is 12.5 Å². The van der Waals surface area contributed by atoms with E-state index >= 15 is 0 Å². The van der Waals surface area contributed by atoms with Crippen LogP contribution in [0.5, 0.6) is 5.75 Å². The summed E-state index contributed by atoms with van der Waals surface area (Å²) in [6.07, 6.45) is 2.50. The van der Waals surface area contributed by atoms with Crippen LogP contribution in [0, 0.1) is 3.57 Å². The maximum Gasteiger partial charge on any atom is 0.124 e. The summed E-state index contributed by atoms with van der Waals surface area (Å²) < 4.78 is 1.23. The summed E-state index contributed by atoms with van der Waals surface area (Å²) in [6, 6.07) is 34.2. The molecule has 0 aromatic heterocycles. The Balaban J connectivity index is 1.48. The van der Waals surface area contributed by atoms with Crippen molar-refractivity contribution in [1.82, 2.24) is 0 Å². The fourth-order valence-electron chi connectivity index (χ4n) is 4.00. The molecule has 5 rings (SSSR count). The largest absolute Gasteiger partial charge is 0.507 e. The van der Waals surface area contributed by atoms with Crippen molar-refractivity contribution in [3.63, 3.8) is 0 Å². The van der Waals surface area contributed by atoms with Gasteiger partial charge in [0, 0.05) is 21.8 Å². The number of hydrogen-bond donors (Lipinski definition) is 1. The molecular formula is C28H22IN3O. The minimum atomic E-state index is 0.129. The molecule has 0 fully saturated rings. The van der Waals surface area contributed by atoms with Gasteiger partial charge >= 0.3 is 0 Å². The molecule has 33 heavy (non-hydrogen) atoms. The zero-order chi connectivity index (χ0) is 22.6. The molecule has 4 aromatic carbocycles. The first-order chi connectivity index (χ1) is 16.2. The van der Waals surface area contributed by atoms with Crippen molar-refractivity contribution in [2.24, 2.45) is 10.1 Å². The van der Waals surface area contributed by atoms with E-state index in [1.54, 1.807) is 18.3 Å². The third-order valence-corrected chi connectivity index (χ3v) is 6.65. The highest BCUT2D eigenvalue weighted by Gasteiger charge is 2.31. The van der Waals surface area contributed by atoms with Gasteiger partial charge in [-0.15, -0.1) is 0 Å². The highest BCUT2D eigenvalue weighted by molar-refractivity contribution is 14.1. The van der Waals surface area contributed by atoms with Gasteiger partial charge in [0.1, 0.15) is 5.75 Å². The Morgan fingerprint density at radius 3 is 2.45 bits per heavy atom. The molecule has 0 aliphatic carbocycles. The van der Waals surface area contributed by atoms with E-state index in [9.17, 15) is 5.11 Å². The monoisotopic (exact) mass is 543 g/mol. The van der Waals surface area contributed by atoms with Crippen LogP contribution in [0.15, 0.2) is 113 Å². The third kappa shape index (κ3) is 4.68. The Labute approximate surface area is 207 Å². The first-order valence-electron chi connectivity index (χ1n) is 10.8. The third-order valence-electron chi connectivity index (χ3n) is 5.66. The zero-order valence-electron chi connectivity index (χ0n) is 17.8. The molecule has 1 unspecified atom stereocenters. The molecule has 4 nitrogen and oxygen atoms in total. The molecule has 0 amide bonds. The van der Waals surface area contributed by atoms with Crippen LogP contribution in [0.1, 0.15) is 29.2 Å². The summed E-state index contributed by atoms with van der Waals surface area (Å²) in [5.74, 6) is 0.219. The number of rotatable bonds is 5. The molecule has 0 radical (unpaired) electrons. The second-order valence-corrected chi connectivity index (χ2v) is 9.00. The molecule has 4 aromatic rings. The van der Waals surface area contributed by atoms with Gasteiger partial charge in [0.15, 0.2) is 0 Å². The summed E-state index contributed by atoms with van der Waals surface area (Å²) >= 11 is 2.41. The van der Waals surface area contributed by atoms with Gasteiger partial charge in [-0.25, -0.2) is 0 Å². The molecule has 1 atom stereocenters. The van der Waals surface area contributed by atoms with Crippen molar-refractivity contribution in [1.29, 1.82) is 0 Å². The number of phenolic OH excluding ortho intramolecular Hbond substituents is 1. The molecule has 162 valence electrons. The van der Waals surface area contributed by atoms with Gasteiger partial charge < -0.3 is 5.11 Å². The van der Waals surface area contributed by atoms with Gasteiger partial charge in [-0.1, -0.05) is 60.7 Å². The van der Waals surface area contributed by atoms with Gasteiger partial charge in [-0.2, -0.15) is 5.10 Å². The van der Waals surface area contributed by atoms with Crippen LogP contribution in [0.25, 0.3) is 0 Å². The number of aliphatic imine (C=N–C) groups is 1. The zero-order valence-corrected chi connectivity index (χ0v) is 20.0. The Hall–Kier alpha value is -3.45. The predicted octanol–water partition coefficient (Wildman–Crippen LogP) is 7.10. The van der Waals surface area contributed by atoms with E-state index in [0.29, 0.717) is 5.56 Å². The fraction of sp³-hybridized carbons (Fsp3) is 0.0714. The summed E-state index contributed by atoms with van der Waals surface area (Å²) in [6.45, 7) is 0. The van der Waals surface area contributed by atoms with Crippen molar-refractivity contribution < 1.29 is 5.11 Å². The quantitative estimate of drug-likeness (QED) is 0.216.